The van der Waals surface area contributed by atoms with E-state index in [-0.39, 0.29) is 5.84 Å². The van der Waals surface area contributed by atoms with Crippen molar-refractivity contribution in [2.24, 2.45) is 4.99 Å². The number of allylic oxidation sites excluding steroid dienone is 2. The first-order valence-corrected chi connectivity index (χ1v) is 12.4. The number of nitrogens with zero attached hydrogens (tertiary/aromatic N) is 3. The molecule has 2 N–H and O–H groups in total. The number of aliphatic imine (C=N–C) groups is 1. The van der Waals surface area contributed by atoms with E-state index in [0.29, 0.717) is 28.8 Å². The Morgan fingerprint density at radius 3 is 2.43 bits per heavy atom. The van der Waals surface area contributed by atoms with E-state index >= 15 is 0 Å². The summed E-state index contributed by atoms with van der Waals surface area (Å²) in [5.41, 5.74) is 8.36. The molecule has 0 bridgehead atoms. The monoisotopic (exact) mass is 475 g/mol. The van der Waals surface area contributed by atoms with Crippen molar-refractivity contribution in [2.75, 3.05) is 27.3 Å². The zero-order valence-electron chi connectivity index (χ0n) is 21.8. The summed E-state index contributed by atoms with van der Waals surface area (Å²) in [5.74, 6) is 8.14. The van der Waals surface area contributed by atoms with Crippen LogP contribution in [-0.4, -0.2) is 60.8 Å². The fourth-order valence-corrected chi connectivity index (χ4v) is 5.19. The van der Waals surface area contributed by atoms with Gasteiger partial charge in [0, 0.05) is 36.5 Å². The summed E-state index contributed by atoms with van der Waals surface area (Å²) in [6, 6.07) is 5.91. The van der Waals surface area contributed by atoms with Crippen LogP contribution in [0.5, 0.6) is 11.5 Å². The van der Waals surface area contributed by atoms with E-state index in [1.165, 1.54) is 19.3 Å². The van der Waals surface area contributed by atoms with Crippen molar-refractivity contribution in [3.63, 3.8) is 0 Å². The summed E-state index contributed by atoms with van der Waals surface area (Å²) in [6.45, 7) is 10.5. The molecule has 35 heavy (non-hydrogen) atoms. The van der Waals surface area contributed by atoms with Gasteiger partial charge in [-0.2, -0.15) is 0 Å². The Kier molecular flexibility index (Phi) is 7.23. The van der Waals surface area contributed by atoms with Crippen LogP contribution in [0.3, 0.4) is 0 Å². The zero-order valence-corrected chi connectivity index (χ0v) is 21.8. The van der Waals surface area contributed by atoms with Crippen LogP contribution in [0.25, 0.3) is 0 Å². The minimum absolute atomic E-state index is 0.216. The van der Waals surface area contributed by atoms with Crippen LogP contribution in [0.2, 0.25) is 0 Å². The second-order valence-corrected chi connectivity index (χ2v) is 9.63. The topological polar surface area (TPSA) is 73.2 Å². The number of benzene rings is 1. The van der Waals surface area contributed by atoms with Crippen LogP contribution < -0.4 is 14.9 Å². The van der Waals surface area contributed by atoms with E-state index < -0.39 is 0 Å². The third-order valence-corrected chi connectivity index (χ3v) is 7.30. The van der Waals surface area contributed by atoms with Crippen LogP contribution in [0.4, 0.5) is 0 Å². The maximum Gasteiger partial charge on any atom is 0.156 e. The van der Waals surface area contributed by atoms with Gasteiger partial charge in [-0.05, 0) is 64.5 Å². The Bertz CT molecular complexity index is 1120. The van der Waals surface area contributed by atoms with E-state index in [0.717, 1.165) is 41.9 Å². The predicted octanol–water partition coefficient (Wildman–Crippen LogP) is 4.51. The first-order valence-electron chi connectivity index (χ1n) is 12.4. The van der Waals surface area contributed by atoms with E-state index in [4.69, 9.17) is 14.9 Å². The van der Waals surface area contributed by atoms with Crippen LogP contribution >= 0.6 is 0 Å². The van der Waals surface area contributed by atoms with Crippen molar-refractivity contribution >= 4 is 12.1 Å². The number of methoxy groups -OCH3 is 2. The van der Waals surface area contributed by atoms with E-state index in [9.17, 15) is 0 Å². The molecule has 1 aromatic carbocycles. The SMILES string of the molecule is CC=NC(=N)C1=C(C#Cc2cc(OC)cc(OC)c2)NN(C2CCN(C3(CC)CC3)C2)C1=C(C)C. The Morgan fingerprint density at radius 2 is 1.89 bits per heavy atom. The van der Waals surface area contributed by atoms with Crippen LogP contribution in [0, 0.1) is 17.3 Å². The Balaban J connectivity index is 1.69. The third kappa shape index (κ3) is 4.94. The Hall–Kier alpha value is -3.24. The van der Waals surface area contributed by atoms with Gasteiger partial charge >= 0.3 is 0 Å². The molecule has 1 aliphatic carbocycles. The molecule has 2 fully saturated rings. The molecule has 0 aromatic heterocycles. The average molecular weight is 476 g/mol. The van der Waals surface area contributed by atoms with E-state index in [1.807, 2.05) is 25.1 Å². The van der Waals surface area contributed by atoms with Gasteiger partial charge < -0.3 is 9.47 Å². The lowest BCUT2D eigenvalue weighted by molar-refractivity contribution is 0.173. The molecule has 2 heterocycles. The highest BCUT2D eigenvalue weighted by atomic mass is 16.5. The van der Waals surface area contributed by atoms with Gasteiger partial charge in [0.2, 0.25) is 0 Å². The number of hydrogen-bond acceptors (Lipinski definition) is 6. The number of nitrogens with one attached hydrogen (secondary N) is 2. The van der Waals surface area contributed by atoms with Gasteiger partial charge in [0.1, 0.15) is 17.2 Å². The van der Waals surface area contributed by atoms with Crippen molar-refractivity contribution in [3.8, 4) is 23.3 Å². The molecule has 1 aromatic rings. The normalized spacial score (nSPS) is 21.1. The van der Waals surface area contributed by atoms with E-state index in [2.05, 4.69) is 52.9 Å². The van der Waals surface area contributed by atoms with Crippen LogP contribution in [0.15, 0.2) is 45.7 Å². The molecule has 186 valence electrons. The summed E-state index contributed by atoms with van der Waals surface area (Å²) >= 11 is 0. The molecule has 1 saturated heterocycles. The number of likely N-dealkylation sites (tertiary alicyclic amines) is 1. The minimum atomic E-state index is 0.216. The van der Waals surface area contributed by atoms with Gasteiger partial charge in [0.25, 0.3) is 0 Å². The van der Waals surface area contributed by atoms with Gasteiger partial charge in [-0.15, -0.1) is 0 Å². The van der Waals surface area contributed by atoms with Crippen molar-refractivity contribution in [2.45, 2.75) is 65.0 Å². The highest BCUT2D eigenvalue weighted by Gasteiger charge is 2.50. The predicted molar refractivity (Wildman–Crippen MR) is 141 cm³/mol. The van der Waals surface area contributed by atoms with Gasteiger partial charge in [0.15, 0.2) is 5.84 Å². The molecular formula is C28H37N5O2. The lowest BCUT2D eigenvalue weighted by atomic mass is 10.0. The summed E-state index contributed by atoms with van der Waals surface area (Å²) < 4.78 is 10.8. The first-order chi connectivity index (χ1) is 16.9. The van der Waals surface area contributed by atoms with E-state index in [1.54, 1.807) is 20.4 Å². The van der Waals surface area contributed by atoms with Crippen molar-refractivity contribution in [3.05, 3.63) is 46.3 Å². The smallest absolute Gasteiger partial charge is 0.156 e. The summed E-state index contributed by atoms with van der Waals surface area (Å²) in [6.07, 6.45) is 6.56. The highest BCUT2D eigenvalue weighted by molar-refractivity contribution is 6.05. The van der Waals surface area contributed by atoms with Crippen LogP contribution in [0.1, 0.15) is 58.9 Å². The molecular weight excluding hydrogens is 438 g/mol. The maximum absolute atomic E-state index is 8.72. The number of hydrogen-bond donors (Lipinski definition) is 2. The van der Waals surface area contributed by atoms with Crippen LogP contribution in [-0.2, 0) is 0 Å². The van der Waals surface area contributed by atoms with Gasteiger partial charge in [-0.1, -0.05) is 18.4 Å². The Morgan fingerprint density at radius 1 is 1.20 bits per heavy atom. The molecule has 0 amide bonds. The largest absolute Gasteiger partial charge is 0.497 e. The van der Waals surface area contributed by atoms with Gasteiger partial charge in [-0.3, -0.25) is 20.7 Å². The molecule has 1 atom stereocenters. The molecule has 3 aliphatic rings. The molecule has 1 saturated carbocycles. The maximum atomic E-state index is 8.72. The molecule has 1 unspecified atom stereocenters. The molecule has 4 rings (SSSR count). The first kappa shape index (κ1) is 24.9. The molecule has 0 spiro atoms. The standard InChI is InChI=1S/C28H37N5O2/c1-7-28(12-13-28)32-14-11-21(18-32)33-26(19(3)4)25(27(29)30-8-2)24(31-33)10-9-20-15-22(34-5)17-23(16-20)35-6/h8,15-17,21,29,31H,7,11-14,18H2,1-6H3. The van der Waals surface area contributed by atoms with Crippen molar-refractivity contribution in [1.82, 2.24) is 15.3 Å². The fourth-order valence-electron chi connectivity index (χ4n) is 5.19. The van der Waals surface area contributed by atoms with Crippen molar-refractivity contribution in [1.29, 1.82) is 5.41 Å². The highest BCUT2D eigenvalue weighted by Crippen LogP contribution is 2.47. The molecule has 7 nitrogen and oxygen atoms in total. The second kappa shape index (κ2) is 10.2. The third-order valence-electron chi connectivity index (χ3n) is 7.30. The molecule has 7 heteroatoms. The fraction of sp³-hybridized carbons (Fsp3) is 0.500. The lowest BCUT2D eigenvalue weighted by Crippen LogP contribution is -2.44. The Labute approximate surface area is 209 Å². The van der Waals surface area contributed by atoms with Crippen molar-refractivity contribution < 1.29 is 9.47 Å². The van der Waals surface area contributed by atoms with Gasteiger partial charge in [0.05, 0.1) is 31.5 Å². The molecule has 2 aliphatic heterocycles. The number of ether oxygens (including phenoxy) is 2. The second-order valence-electron chi connectivity index (χ2n) is 9.63. The summed E-state index contributed by atoms with van der Waals surface area (Å²) in [7, 11) is 3.26. The number of amidine groups is 1. The van der Waals surface area contributed by atoms with Gasteiger partial charge in [-0.25, -0.2) is 4.99 Å². The minimum Gasteiger partial charge on any atom is -0.497 e. The number of hydrazine groups is 1. The quantitative estimate of drug-likeness (QED) is 0.360. The average Bonchev–Trinajstić information content (AvgIpc) is 3.32. The number of rotatable bonds is 6. The lowest BCUT2D eigenvalue weighted by Gasteiger charge is -2.31. The summed E-state index contributed by atoms with van der Waals surface area (Å²) in [5, 5.41) is 11.0. The summed E-state index contributed by atoms with van der Waals surface area (Å²) in [4.78, 5) is 6.99. The molecule has 0 radical (unpaired) electrons. The zero-order chi connectivity index (χ0) is 25.2.